The lowest BCUT2D eigenvalue weighted by Crippen LogP contribution is -2.52. The highest BCUT2D eigenvalue weighted by Crippen LogP contribution is 2.38. The Morgan fingerprint density at radius 3 is 1.30 bits per heavy atom. The van der Waals surface area contributed by atoms with Gasteiger partial charge in [0.2, 0.25) is 11.8 Å². The Morgan fingerprint density at radius 1 is 0.628 bits per heavy atom. The second-order valence-electron chi connectivity index (χ2n) is 9.88. The van der Waals surface area contributed by atoms with Gasteiger partial charge in [-0.1, -0.05) is 47.1 Å². The van der Waals surface area contributed by atoms with Crippen molar-refractivity contribution in [3.63, 3.8) is 0 Å². The molecule has 0 unspecified atom stereocenters. The van der Waals surface area contributed by atoms with Crippen LogP contribution in [0.3, 0.4) is 0 Å². The standard InChI is InChI=1S/C30H34Cl2N6O4S/c1-33-29(41)37-15-11-35(12-16-37)27(39)9-5-21-3-7-25(23(31)19-21)43-26-8-4-22(20-24(26)32)6-10-28(40)36-13-17-38(18-14-36)30(42)34-2/h3-10,19-20H,11-18H2,1-2H3,(H,33,41)(H,34,42)/b9-5+,10-6+. The maximum atomic E-state index is 12.6. The normalized spacial score (nSPS) is 15.7. The van der Waals surface area contributed by atoms with Gasteiger partial charge in [-0.15, -0.1) is 0 Å². The number of carbonyl (C=O) groups excluding carboxylic acids is 4. The molecular formula is C30H34Cl2N6O4S. The molecular weight excluding hydrogens is 611 g/mol. The Bertz CT molecular complexity index is 1310. The quantitative estimate of drug-likeness (QED) is 0.460. The summed E-state index contributed by atoms with van der Waals surface area (Å²) in [6.45, 7) is 3.91. The molecule has 0 radical (unpaired) electrons. The monoisotopic (exact) mass is 644 g/mol. The van der Waals surface area contributed by atoms with E-state index in [1.165, 1.54) is 23.9 Å². The zero-order chi connectivity index (χ0) is 30.9. The van der Waals surface area contributed by atoms with E-state index in [0.29, 0.717) is 62.4 Å². The highest BCUT2D eigenvalue weighted by molar-refractivity contribution is 7.99. The summed E-state index contributed by atoms with van der Waals surface area (Å²) in [4.78, 5) is 57.1. The summed E-state index contributed by atoms with van der Waals surface area (Å²) in [5, 5.41) is 6.26. The second kappa shape index (κ2) is 15.2. The first-order valence-electron chi connectivity index (χ1n) is 13.8. The number of nitrogens with zero attached hydrogens (tertiary/aromatic N) is 4. The summed E-state index contributed by atoms with van der Waals surface area (Å²) >= 11 is 14.6. The highest BCUT2D eigenvalue weighted by Gasteiger charge is 2.23. The Hall–Kier alpha value is -3.67. The molecule has 2 aliphatic heterocycles. The van der Waals surface area contributed by atoms with E-state index in [2.05, 4.69) is 10.6 Å². The van der Waals surface area contributed by atoms with Crippen molar-refractivity contribution in [3.8, 4) is 0 Å². The van der Waals surface area contributed by atoms with E-state index in [9.17, 15) is 19.2 Å². The molecule has 2 saturated heterocycles. The van der Waals surface area contributed by atoms with Crippen LogP contribution in [0.15, 0.2) is 58.3 Å². The van der Waals surface area contributed by atoms with E-state index in [1.807, 2.05) is 24.3 Å². The number of carbonyl (C=O) groups is 4. The molecule has 0 saturated carbocycles. The molecule has 43 heavy (non-hydrogen) atoms. The van der Waals surface area contributed by atoms with Gasteiger partial charge in [-0.2, -0.15) is 0 Å². The molecule has 2 fully saturated rings. The number of hydrogen-bond acceptors (Lipinski definition) is 5. The minimum atomic E-state index is -0.136. The zero-order valence-corrected chi connectivity index (χ0v) is 26.3. The first-order chi connectivity index (χ1) is 20.7. The number of urea groups is 2. The predicted molar refractivity (Wildman–Crippen MR) is 170 cm³/mol. The predicted octanol–water partition coefficient (Wildman–Crippen LogP) is 4.14. The molecule has 2 aliphatic rings. The lowest BCUT2D eigenvalue weighted by Gasteiger charge is -2.33. The van der Waals surface area contributed by atoms with Crippen molar-refractivity contribution in [2.24, 2.45) is 0 Å². The van der Waals surface area contributed by atoms with Crippen molar-refractivity contribution in [1.82, 2.24) is 30.2 Å². The Balaban J connectivity index is 1.30. The fourth-order valence-corrected chi connectivity index (χ4v) is 6.08. The number of benzene rings is 2. The van der Waals surface area contributed by atoms with Crippen LogP contribution in [0.4, 0.5) is 9.59 Å². The van der Waals surface area contributed by atoms with E-state index in [-0.39, 0.29) is 23.9 Å². The number of amides is 6. The number of halogens is 2. The number of piperazine rings is 2. The molecule has 13 heteroatoms. The number of hydrogen-bond donors (Lipinski definition) is 2. The van der Waals surface area contributed by atoms with Crippen LogP contribution in [0.1, 0.15) is 11.1 Å². The zero-order valence-electron chi connectivity index (χ0n) is 24.0. The van der Waals surface area contributed by atoms with Gasteiger partial charge in [-0.3, -0.25) is 9.59 Å². The molecule has 2 aromatic rings. The van der Waals surface area contributed by atoms with Gasteiger partial charge in [0, 0.05) is 88.4 Å². The van der Waals surface area contributed by atoms with Crippen LogP contribution in [0, 0.1) is 0 Å². The van der Waals surface area contributed by atoms with E-state index < -0.39 is 0 Å². The smallest absolute Gasteiger partial charge is 0.317 e. The summed E-state index contributed by atoms with van der Waals surface area (Å²) in [6, 6.07) is 10.8. The Morgan fingerprint density at radius 2 is 0.977 bits per heavy atom. The van der Waals surface area contributed by atoms with Crippen LogP contribution < -0.4 is 10.6 Å². The SMILES string of the molecule is CNC(=O)N1CCN(C(=O)/C=C/c2ccc(Sc3ccc(/C=C/C(=O)N4CCN(C(=O)NC)CC4)cc3Cl)c(Cl)c2)CC1. The lowest BCUT2D eigenvalue weighted by atomic mass is 10.2. The Kier molecular flexibility index (Phi) is 11.4. The van der Waals surface area contributed by atoms with E-state index in [4.69, 9.17) is 23.2 Å². The summed E-state index contributed by atoms with van der Waals surface area (Å²) in [5.74, 6) is -0.227. The molecule has 0 aliphatic carbocycles. The van der Waals surface area contributed by atoms with Crippen LogP contribution in [-0.4, -0.2) is 110 Å². The average Bonchev–Trinajstić information content (AvgIpc) is 3.03. The number of rotatable bonds is 6. The third-order valence-electron chi connectivity index (χ3n) is 7.15. The Labute approximate surface area is 265 Å². The average molecular weight is 646 g/mol. The van der Waals surface area contributed by atoms with Gasteiger partial charge in [-0.25, -0.2) is 9.59 Å². The van der Waals surface area contributed by atoms with Crippen molar-refractivity contribution in [3.05, 3.63) is 69.7 Å². The molecule has 2 heterocycles. The van der Waals surface area contributed by atoms with Crippen LogP contribution in [0.25, 0.3) is 12.2 Å². The second-order valence-corrected chi connectivity index (χ2v) is 11.8. The third-order valence-corrected chi connectivity index (χ3v) is 9.15. The maximum absolute atomic E-state index is 12.6. The van der Waals surface area contributed by atoms with Crippen molar-refractivity contribution >= 4 is 71.0 Å². The largest absolute Gasteiger partial charge is 0.341 e. The van der Waals surface area contributed by atoms with E-state index in [0.717, 1.165) is 20.9 Å². The molecule has 0 atom stereocenters. The molecule has 0 bridgehead atoms. The van der Waals surface area contributed by atoms with Crippen LogP contribution in [-0.2, 0) is 9.59 Å². The van der Waals surface area contributed by atoms with Gasteiger partial charge in [0.15, 0.2) is 0 Å². The molecule has 0 aromatic heterocycles. The van der Waals surface area contributed by atoms with Gasteiger partial charge >= 0.3 is 12.1 Å². The summed E-state index contributed by atoms with van der Waals surface area (Å²) in [7, 11) is 3.18. The minimum Gasteiger partial charge on any atom is -0.341 e. The lowest BCUT2D eigenvalue weighted by molar-refractivity contribution is -0.128. The molecule has 0 spiro atoms. The van der Waals surface area contributed by atoms with Gasteiger partial charge in [0.05, 0.1) is 10.0 Å². The maximum Gasteiger partial charge on any atom is 0.317 e. The van der Waals surface area contributed by atoms with Crippen molar-refractivity contribution in [2.45, 2.75) is 9.79 Å². The summed E-state index contributed by atoms with van der Waals surface area (Å²) < 4.78 is 0. The number of nitrogens with one attached hydrogen (secondary N) is 2. The van der Waals surface area contributed by atoms with Crippen molar-refractivity contribution in [1.29, 1.82) is 0 Å². The van der Waals surface area contributed by atoms with E-state index in [1.54, 1.807) is 58.0 Å². The first-order valence-corrected chi connectivity index (χ1v) is 15.4. The van der Waals surface area contributed by atoms with Gasteiger partial charge in [0.1, 0.15) is 0 Å². The van der Waals surface area contributed by atoms with Gasteiger partial charge < -0.3 is 30.2 Å². The fraction of sp³-hybridized carbons (Fsp3) is 0.333. The third kappa shape index (κ3) is 8.68. The summed E-state index contributed by atoms with van der Waals surface area (Å²) in [6.07, 6.45) is 6.50. The minimum absolute atomic E-state index is 0.114. The molecule has 6 amide bonds. The van der Waals surface area contributed by atoms with E-state index >= 15 is 0 Å². The first kappa shape index (κ1) is 32.2. The van der Waals surface area contributed by atoms with Gasteiger partial charge in [-0.05, 0) is 47.5 Å². The molecule has 2 aromatic carbocycles. The van der Waals surface area contributed by atoms with Crippen molar-refractivity contribution in [2.75, 3.05) is 66.5 Å². The highest BCUT2D eigenvalue weighted by atomic mass is 35.5. The van der Waals surface area contributed by atoms with Crippen molar-refractivity contribution < 1.29 is 19.2 Å². The van der Waals surface area contributed by atoms with Gasteiger partial charge in [0.25, 0.3) is 0 Å². The molecule has 4 rings (SSSR count). The van der Waals surface area contributed by atoms with Crippen LogP contribution in [0.5, 0.6) is 0 Å². The van der Waals surface area contributed by atoms with Crippen LogP contribution in [0.2, 0.25) is 10.0 Å². The fourth-order valence-electron chi connectivity index (χ4n) is 4.65. The summed E-state index contributed by atoms with van der Waals surface area (Å²) in [5.41, 5.74) is 1.58. The topological polar surface area (TPSA) is 105 Å². The molecule has 228 valence electrons. The molecule has 2 N–H and O–H groups in total. The molecule has 10 nitrogen and oxygen atoms in total. The van der Waals surface area contributed by atoms with Crippen LogP contribution >= 0.6 is 35.0 Å².